The van der Waals surface area contributed by atoms with Crippen LogP contribution in [0.1, 0.15) is 47.1 Å². The van der Waals surface area contributed by atoms with Crippen molar-refractivity contribution in [2.45, 2.75) is 46.3 Å². The van der Waals surface area contributed by atoms with Crippen LogP contribution in [0.3, 0.4) is 0 Å². The maximum absolute atomic E-state index is 12.7. The van der Waals surface area contributed by atoms with E-state index < -0.39 is 0 Å². The van der Waals surface area contributed by atoms with Gasteiger partial charge in [-0.25, -0.2) is 0 Å². The number of piperidine rings is 1. The van der Waals surface area contributed by atoms with E-state index in [2.05, 4.69) is 18.1 Å². The molecule has 134 valence electrons. The van der Waals surface area contributed by atoms with Gasteiger partial charge in [0.1, 0.15) is 0 Å². The quantitative estimate of drug-likeness (QED) is 0.839. The molecule has 25 heavy (non-hydrogen) atoms. The minimum Gasteiger partial charge on any atom is -0.377 e. The zero-order valence-electron chi connectivity index (χ0n) is 15.4. The van der Waals surface area contributed by atoms with Crippen molar-refractivity contribution in [2.24, 2.45) is 0 Å². The SMILES string of the molecule is CCO[C@@H]1CCCN(C(=O)c2ccc(Cn3nc(C)cc3C)cc2)C1. The molecule has 0 unspecified atom stereocenters. The number of aromatic nitrogens is 2. The van der Waals surface area contributed by atoms with Gasteiger partial charge in [-0.2, -0.15) is 5.10 Å². The Hall–Kier alpha value is -2.14. The maximum atomic E-state index is 12.7. The number of hydrogen-bond acceptors (Lipinski definition) is 3. The Balaban J connectivity index is 1.65. The predicted octanol–water partition coefficient (Wildman–Crippen LogP) is 3.19. The van der Waals surface area contributed by atoms with Crippen molar-refractivity contribution < 1.29 is 9.53 Å². The van der Waals surface area contributed by atoms with Crippen LogP contribution in [0.4, 0.5) is 0 Å². The number of likely N-dealkylation sites (tertiary alicyclic amines) is 1. The van der Waals surface area contributed by atoms with Gasteiger partial charge >= 0.3 is 0 Å². The molecule has 5 heteroatoms. The second-order valence-corrected chi connectivity index (χ2v) is 6.75. The van der Waals surface area contributed by atoms with Gasteiger partial charge in [0.15, 0.2) is 0 Å². The highest BCUT2D eigenvalue weighted by Gasteiger charge is 2.24. The smallest absolute Gasteiger partial charge is 0.253 e. The van der Waals surface area contributed by atoms with Gasteiger partial charge in [-0.15, -0.1) is 0 Å². The summed E-state index contributed by atoms with van der Waals surface area (Å²) in [4.78, 5) is 14.6. The normalized spacial score (nSPS) is 17.7. The Morgan fingerprint density at radius 3 is 2.68 bits per heavy atom. The first-order valence-electron chi connectivity index (χ1n) is 9.07. The Labute approximate surface area is 149 Å². The second-order valence-electron chi connectivity index (χ2n) is 6.75. The summed E-state index contributed by atoms with van der Waals surface area (Å²) >= 11 is 0. The molecule has 1 fully saturated rings. The summed E-state index contributed by atoms with van der Waals surface area (Å²) in [6.07, 6.45) is 2.22. The zero-order chi connectivity index (χ0) is 17.8. The predicted molar refractivity (Wildman–Crippen MR) is 97.8 cm³/mol. The first kappa shape index (κ1) is 17.7. The highest BCUT2D eigenvalue weighted by atomic mass is 16.5. The number of rotatable bonds is 5. The average molecular weight is 341 g/mol. The van der Waals surface area contributed by atoms with Crippen molar-refractivity contribution in [3.8, 4) is 0 Å². The molecule has 0 radical (unpaired) electrons. The van der Waals surface area contributed by atoms with Crippen molar-refractivity contribution in [3.05, 3.63) is 52.8 Å². The van der Waals surface area contributed by atoms with E-state index >= 15 is 0 Å². The van der Waals surface area contributed by atoms with Crippen LogP contribution in [0, 0.1) is 13.8 Å². The number of carbonyl (C=O) groups is 1. The average Bonchev–Trinajstić information content (AvgIpc) is 2.93. The van der Waals surface area contributed by atoms with Crippen LogP contribution < -0.4 is 0 Å². The summed E-state index contributed by atoms with van der Waals surface area (Å²) in [5, 5.41) is 4.49. The van der Waals surface area contributed by atoms with Crippen molar-refractivity contribution in [3.63, 3.8) is 0 Å². The largest absolute Gasteiger partial charge is 0.377 e. The van der Waals surface area contributed by atoms with Crippen molar-refractivity contribution >= 4 is 5.91 Å². The molecule has 1 aliphatic rings. The van der Waals surface area contributed by atoms with E-state index in [0.717, 1.165) is 48.4 Å². The number of hydrogen-bond donors (Lipinski definition) is 0. The van der Waals surface area contributed by atoms with Crippen LogP contribution in [-0.2, 0) is 11.3 Å². The third-order valence-electron chi connectivity index (χ3n) is 4.70. The van der Waals surface area contributed by atoms with Gasteiger partial charge in [-0.05, 0) is 57.4 Å². The van der Waals surface area contributed by atoms with Gasteiger partial charge in [0.2, 0.25) is 0 Å². The molecule has 5 nitrogen and oxygen atoms in total. The fraction of sp³-hybridized carbons (Fsp3) is 0.500. The molecule has 0 saturated carbocycles. The number of benzene rings is 1. The van der Waals surface area contributed by atoms with E-state index in [1.807, 2.05) is 47.7 Å². The van der Waals surface area contributed by atoms with Gasteiger partial charge in [-0.1, -0.05) is 12.1 Å². The number of amides is 1. The molecule has 1 aromatic heterocycles. The second kappa shape index (κ2) is 7.83. The van der Waals surface area contributed by atoms with Gasteiger partial charge in [0, 0.05) is 31.0 Å². The summed E-state index contributed by atoms with van der Waals surface area (Å²) in [5.74, 6) is 0.0991. The molecule has 0 bridgehead atoms. The molecule has 2 aromatic rings. The first-order chi connectivity index (χ1) is 12.1. The highest BCUT2D eigenvalue weighted by molar-refractivity contribution is 5.94. The van der Waals surface area contributed by atoms with Crippen molar-refractivity contribution in [2.75, 3.05) is 19.7 Å². The molecule has 0 aliphatic carbocycles. The lowest BCUT2D eigenvalue weighted by molar-refractivity contribution is 0.00724. The zero-order valence-corrected chi connectivity index (χ0v) is 15.4. The van der Waals surface area contributed by atoms with E-state index in [9.17, 15) is 4.79 Å². The van der Waals surface area contributed by atoms with Crippen LogP contribution in [0.25, 0.3) is 0 Å². The number of nitrogens with zero attached hydrogens (tertiary/aromatic N) is 3. The van der Waals surface area contributed by atoms with E-state index in [0.29, 0.717) is 13.2 Å². The Bertz CT molecular complexity index is 719. The molecule has 1 saturated heterocycles. The summed E-state index contributed by atoms with van der Waals surface area (Å²) in [6.45, 7) is 9.00. The van der Waals surface area contributed by atoms with E-state index in [4.69, 9.17) is 4.74 Å². The van der Waals surface area contributed by atoms with E-state index in [-0.39, 0.29) is 12.0 Å². The molecule has 0 N–H and O–H groups in total. The minimum absolute atomic E-state index is 0.0991. The lowest BCUT2D eigenvalue weighted by Crippen LogP contribution is -2.43. The molecule has 1 atom stereocenters. The lowest BCUT2D eigenvalue weighted by Gasteiger charge is -2.32. The maximum Gasteiger partial charge on any atom is 0.253 e. The Kier molecular flexibility index (Phi) is 5.53. The van der Waals surface area contributed by atoms with Crippen molar-refractivity contribution in [1.29, 1.82) is 0 Å². The third-order valence-corrected chi connectivity index (χ3v) is 4.70. The molecule has 1 aliphatic heterocycles. The topological polar surface area (TPSA) is 47.4 Å². The molecule has 0 spiro atoms. The molecule has 1 amide bonds. The Morgan fingerprint density at radius 1 is 1.28 bits per heavy atom. The van der Waals surface area contributed by atoms with Crippen LogP contribution in [0.15, 0.2) is 30.3 Å². The summed E-state index contributed by atoms with van der Waals surface area (Å²) in [5.41, 5.74) is 4.06. The van der Waals surface area contributed by atoms with Crippen LogP contribution in [-0.4, -0.2) is 46.4 Å². The summed E-state index contributed by atoms with van der Waals surface area (Å²) in [6, 6.07) is 9.96. The summed E-state index contributed by atoms with van der Waals surface area (Å²) < 4.78 is 7.68. The highest BCUT2D eigenvalue weighted by Crippen LogP contribution is 2.17. The fourth-order valence-electron chi connectivity index (χ4n) is 3.44. The van der Waals surface area contributed by atoms with Gasteiger partial charge in [-0.3, -0.25) is 9.48 Å². The summed E-state index contributed by atoms with van der Waals surface area (Å²) in [7, 11) is 0. The van der Waals surface area contributed by atoms with Crippen LogP contribution >= 0.6 is 0 Å². The minimum atomic E-state index is 0.0991. The molecular formula is C20H27N3O2. The number of carbonyl (C=O) groups excluding carboxylic acids is 1. The van der Waals surface area contributed by atoms with Crippen LogP contribution in [0.5, 0.6) is 0 Å². The van der Waals surface area contributed by atoms with Gasteiger partial charge in [0.25, 0.3) is 5.91 Å². The first-order valence-corrected chi connectivity index (χ1v) is 9.07. The van der Waals surface area contributed by atoms with Gasteiger partial charge < -0.3 is 9.64 Å². The van der Waals surface area contributed by atoms with Crippen LogP contribution in [0.2, 0.25) is 0 Å². The molecule has 3 rings (SSSR count). The van der Waals surface area contributed by atoms with Crippen molar-refractivity contribution in [1.82, 2.24) is 14.7 Å². The Morgan fingerprint density at radius 2 is 2.04 bits per heavy atom. The van der Waals surface area contributed by atoms with E-state index in [1.165, 1.54) is 0 Å². The van der Waals surface area contributed by atoms with E-state index in [1.54, 1.807) is 0 Å². The molecule has 1 aromatic carbocycles. The molecule has 2 heterocycles. The number of ether oxygens (including phenoxy) is 1. The monoisotopic (exact) mass is 341 g/mol. The standard InChI is InChI=1S/C20H27N3O2/c1-4-25-19-6-5-11-22(14-19)20(24)18-9-7-17(8-10-18)13-23-16(3)12-15(2)21-23/h7-10,12,19H,4-6,11,13-14H2,1-3H3/t19-/m1/s1. The van der Waals surface area contributed by atoms with Gasteiger partial charge in [0.05, 0.1) is 18.3 Å². The number of aryl methyl sites for hydroxylation is 2. The fourth-order valence-corrected chi connectivity index (χ4v) is 3.44. The molecular weight excluding hydrogens is 314 g/mol. The third kappa shape index (κ3) is 4.28. The lowest BCUT2D eigenvalue weighted by atomic mass is 10.1.